The van der Waals surface area contributed by atoms with Crippen LogP contribution in [0.4, 0.5) is 0 Å². The Morgan fingerprint density at radius 3 is 2.60 bits per heavy atom. The van der Waals surface area contributed by atoms with Gasteiger partial charge < -0.3 is 9.73 Å². The summed E-state index contributed by atoms with van der Waals surface area (Å²) in [5.41, 5.74) is 0. The zero-order valence-electron chi connectivity index (χ0n) is 14.7. The minimum atomic E-state index is -3.14. The van der Waals surface area contributed by atoms with Crippen molar-refractivity contribution >= 4 is 15.7 Å². The van der Waals surface area contributed by atoms with Gasteiger partial charge in [-0.15, -0.1) is 0 Å². The van der Waals surface area contributed by atoms with E-state index in [1.165, 1.54) is 0 Å². The molecule has 1 amide bonds. The maximum Gasteiger partial charge on any atom is 0.221 e. The van der Waals surface area contributed by atoms with Crippen LogP contribution < -0.4 is 5.32 Å². The molecule has 1 saturated heterocycles. The second-order valence-corrected chi connectivity index (χ2v) is 9.50. The van der Waals surface area contributed by atoms with Crippen LogP contribution in [0.25, 0.3) is 0 Å². The number of likely N-dealkylation sites (tertiary alicyclic amines) is 1. The first-order valence-electron chi connectivity index (χ1n) is 9.32. The average molecular weight is 368 g/mol. The predicted molar refractivity (Wildman–Crippen MR) is 95.9 cm³/mol. The third-order valence-corrected chi connectivity index (χ3v) is 7.63. The van der Waals surface area contributed by atoms with Gasteiger partial charge in [0.15, 0.2) is 9.84 Å². The van der Waals surface area contributed by atoms with Crippen LogP contribution in [0.3, 0.4) is 0 Å². The monoisotopic (exact) mass is 368 g/mol. The lowest BCUT2D eigenvalue weighted by Gasteiger charge is -2.26. The molecule has 140 valence electrons. The van der Waals surface area contributed by atoms with Gasteiger partial charge in [0.25, 0.3) is 0 Å². The highest BCUT2D eigenvalue weighted by Gasteiger charge is 2.29. The molecule has 1 aromatic heterocycles. The number of amides is 1. The van der Waals surface area contributed by atoms with Gasteiger partial charge in [0.1, 0.15) is 5.76 Å². The summed E-state index contributed by atoms with van der Waals surface area (Å²) in [5.74, 6) is 0.608. The molecule has 25 heavy (non-hydrogen) atoms. The van der Waals surface area contributed by atoms with E-state index in [9.17, 15) is 13.2 Å². The molecule has 1 atom stereocenters. The summed E-state index contributed by atoms with van der Waals surface area (Å²) in [5, 5.41) is 2.67. The molecule has 2 fully saturated rings. The molecule has 6 nitrogen and oxygen atoms in total. The van der Waals surface area contributed by atoms with E-state index in [0.717, 1.165) is 57.4 Å². The second-order valence-electron chi connectivity index (χ2n) is 7.10. The van der Waals surface area contributed by atoms with Crippen molar-refractivity contribution in [3.63, 3.8) is 0 Å². The first-order chi connectivity index (χ1) is 12.1. The Morgan fingerprint density at radius 2 is 1.96 bits per heavy atom. The van der Waals surface area contributed by atoms with Crippen LogP contribution in [0.5, 0.6) is 0 Å². The number of hydrogen-bond acceptors (Lipinski definition) is 5. The molecule has 0 spiro atoms. The van der Waals surface area contributed by atoms with Gasteiger partial charge in [0.05, 0.1) is 23.3 Å². The number of carbonyl (C=O) groups is 1. The Hall–Kier alpha value is -1.34. The first kappa shape index (κ1) is 18.5. The van der Waals surface area contributed by atoms with Crippen LogP contribution in [-0.4, -0.2) is 49.9 Å². The number of carbonyl (C=O) groups excluding carboxylic acids is 1. The fourth-order valence-corrected chi connectivity index (χ4v) is 5.75. The maximum absolute atomic E-state index is 12.3. The maximum atomic E-state index is 12.3. The van der Waals surface area contributed by atoms with E-state index < -0.39 is 9.84 Å². The molecule has 3 rings (SSSR count). The van der Waals surface area contributed by atoms with Crippen LogP contribution in [0, 0.1) is 0 Å². The molecule has 1 aliphatic heterocycles. The van der Waals surface area contributed by atoms with Gasteiger partial charge in [-0.25, -0.2) is 8.42 Å². The topological polar surface area (TPSA) is 79.6 Å². The highest BCUT2D eigenvalue weighted by Crippen LogP contribution is 2.26. The van der Waals surface area contributed by atoms with Crippen LogP contribution in [-0.2, 0) is 14.6 Å². The van der Waals surface area contributed by atoms with E-state index in [1.54, 1.807) is 6.26 Å². The minimum absolute atomic E-state index is 0.0212. The summed E-state index contributed by atoms with van der Waals surface area (Å²) in [6.45, 7) is 2.45. The Balaban J connectivity index is 1.49. The van der Waals surface area contributed by atoms with Gasteiger partial charge in [-0.2, -0.15) is 0 Å². The number of hydrogen-bond donors (Lipinski definition) is 1. The standard InChI is InChI=1S/C18H28N2O4S/c21-18(9-13-25(22,23)15-6-1-2-7-15)19-14-16(17-8-5-12-24-17)20-10-3-4-11-20/h5,8,12,15-16H,1-4,6-7,9-11,13-14H2,(H,19,21)/t16-/m1/s1. The molecule has 7 heteroatoms. The van der Waals surface area contributed by atoms with Gasteiger partial charge in [-0.1, -0.05) is 12.8 Å². The van der Waals surface area contributed by atoms with Crippen molar-refractivity contribution in [2.24, 2.45) is 0 Å². The summed E-state index contributed by atoms with van der Waals surface area (Å²) in [4.78, 5) is 14.5. The van der Waals surface area contributed by atoms with Crippen molar-refractivity contribution in [3.8, 4) is 0 Å². The van der Waals surface area contributed by atoms with Crippen molar-refractivity contribution < 1.29 is 17.6 Å². The molecule has 0 aromatic carbocycles. The minimum Gasteiger partial charge on any atom is -0.468 e. The lowest BCUT2D eigenvalue weighted by atomic mass is 10.2. The van der Waals surface area contributed by atoms with E-state index in [1.807, 2.05) is 12.1 Å². The molecule has 1 N–H and O–H groups in total. The van der Waals surface area contributed by atoms with Gasteiger partial charge >= 0.3 is 0 Å². The molecule has 1 aromatic rings. The Bertz CT molecular complexity index is 645. The number of sulfone groups is 1. The molecule has 0 radical (unpaired) electrons. The third-order valence-electron chi connectivity index (χ3n) is 5.37. The third kappa shape index (κ3) is 4.85. The summed E-state index contributed by atoms with van der Waals surface area (Å²) in [6, 6.07) is 3.81. The summed E-state index contributed by atoms with van der Waals surface area (Å²) in [7, 11) is -3.14. The highest BCUT2D eigenvalue weighted by molar-refractivity contribution is 7.92. The van der Waals surface area contributed by atoms with E-state index in [2.05, 4.69) is 10.2 Å². The van der Waals surface area contributed by atoms with Crippen molar-refractivity contribution in [3.05, 3.63) is 24.2 Å². The first-order valence-corrected chi connectivity index (χ1v) is 11.0. The summed E-state index contributed by atoms with van der Waals surface area (Å²) in [6.07, 6.45) is 7.47. The molecule has 2 heterocycles. The number of nitrogens with zero attached hydrogens (tertiary/aromatic N) is 1. The summed E-state index contributed by atoms with van der Waals surface area (Å²) >= 11 is 0. The fourth-order valence-electron chi connectivity index (χ4n) is 3.89. The average Bonchev–Trinajstić information content (AvgIpc) is 3.35. The highest BCUT2D eigenvalue weighted by atomic mass is 32.2. The van der Waals surface area contributed by atoms with E-state index in [0.29, 0.717) is 6.54 Å². The summed E-state index contributed by atoms with van der Waals surface area (Å²) < 4.78 is 30.1. The van der Waals surface area contributed by atoms with E-state index >= 15 is 0 Å². The predicted octanol–water partition coefficient (Wildman–Crippen LogP) is 2.28. The van der Waals surface area contributed by atoms with Crippen molar-refractivity contribution in [1.82, 2.24) is 10.2 Å². The van der Waals surface area contributed by atoms with Crippen LogP contribution >= 0.6 is 0 Å². The Kier molecular flexibility index (Phi) is 6.17. The molecule has 0 unspecified atom stereocenters. The molecule has 0 bridgehead atoms. The number of furan rings is 1. The van der Waals surface area contributed by atoms with Crippen molar-refractivity contribution in [2.75, 3.05) is 25.4 Å². The number of rotatable bonds is 8. The van der Waals surface area contributed by atoms with E-state index in [-0.39, 0.29) is 29.4 Å². The largest absolute Gasteiger partial charge is 0.468 e. The van der Waals surface area contributed by atoms with E-state index in [4.69, 9.17) is 4.42 Å². The smallest absolute Gasteiger partial charge is 0.221 e. The van der Waals surface area contributed by atoms with Crippen molar-refractivity contribution in [1.29, 1.82) is 0 Å². The lowest BCUT2D eigenvalue weighted by Crippen LogP contribution is -2.37. The van der Waals surface area contributed by atoms with Gasteiger partial charge in [-0.3, -0.25) is 9.69 Å². The van der Waals surface area contributed by atoms with Gasteiger partial charge in [0.2, 0.25) is 5.91 Å². The van der Waals surface area contributed by atoms with Crippen LogP contribution in [0.2, 0.25) is 0 Å². The Morgan fingerprint density at radius 1 is 1.24 bits per heavy atom. The Labute approximate surface area is 149 Å². The zero-order chi connectivity index (χ0) is 17.7. The van der Waals surface area contributed by atoms with Crippen LogP contribution in [0.1, 0.15) is 56.7 Å². The lowest BCUT2D eigenvalue weighted by molar-refractivity contribution is -0.121. The quantitative estimate of drug-likeness (QED) is 0.761. The van der Waals surface area contributed by atoms with Gasteiger partial charge in [0, 0.05) is 13.0 Å². The number of nitrogens with one attached hydrogen (secondary N) is 1. The zero-order valence-corrected chi connectivity index (χ0v) is 15.5. The fraction of sp³-hybridized carbons (Fsp3) is 0.722. The SMILES string of the molecule is O=C(CCS(=O)(=O)C1CCCC1)NC[C@H](c1ccco1)N1CCCC1. The molecule has 2 aliphatic rings. The molecular formula is C18H28N2O4S. The molecular weight excluding hydrogens is 340 g/mol. The van der Waals surface area contributed by atoms with Gasteiger partial charge in [-0.05, 0) is 50.9 Å². The normalized spacial score (nSPS) is 20.8. The van der Waals surface area contributed by atoms with Crippen molar-refractivity contribution in [2.45, 2.75) is 56.2 Å². The second kappa shape index (κ2) is 8.36. The molecule has 1 aliphatic carbocycles. The molecule has 1 saturated carbocycles. The van der Waals surface area contributed by atoms with Crippen LogP contribution in [0.15, 0.2) is 22.8 Å².